The molecular formula is C38H45NS. The maximum Gasteiger partial charge on any atom is 0.0880 e. The van der Waals surface area contributed by atoms with E-state index < -0.39 is 0 Å². The van der Waals surface area contributed by atoms with Crippen LogP contribution in [0.1, 0.15) is 79.0 Å². The third kappa shape index (κ3) is 4.59. The van der Waals surface area contributed by atoms with Gasteiger partial charge in [0.2, 0.25) is 0 Å². The molecular weight excluding hydrogens is 502 g/mol. The highest BCUT2D eigenvalue weighted by molar-refractivity contribution is 7.23. The van der Waals surface area contributed by atoms with Crippen LogP contribution in [0.3, 0.4) is 0 Å². The summed E-state index contributed by atoms with van der Waals surface area (Å²) in [5, 5.41) is 3.91. The number of rotatable bonds is 6. The highest BCUT2D eigenvalue weighted by Crippen LogP contribution is 2.47. The Bertz CT molecular complexity index is 1640. The first-order valence-electron chi connectivity index (χ1n) is 14.9. The summed E-state index contributed by atoms with van der Waals surface area (Å²) in [7, 11) is 0. The van der Waals surface area contributed by atoms with E-state index in [9.17, 15) is 0 Å². The SMILES string of the molecule is Cc1c(-c2ccc(C(C(C)C)(C(C)C)C(C)C)cc2)sc2c(-c3cc(C(C)(C)C)c4ccccc4c3)nccc12. The summed E-state index contributed by atoms with van der Waals surface area (Å²) < 4.78 is 1.27. The van der Waals surface area contributed by atoms with Gasteiger partial charge in [0.1, 0.15) is 0 Å². The summed E-state index contributed by atoms with van der Waals surface area (Å²) in [5.41, 5.74) is 7.96. The third-order valence-electron chi connectivity index (χ3n) is 9.31. The Balaban J connectivity index is 1.65. The van der Waals surface area contributed by atoms with Crippen LogP contribution in [0.2, 0.25) is 0 Å². The molecule has 0 unspecified atom stereocenters. The van der Waals surface area contributed by atoms with Gasteiger partial charge in [-0.2, -0.15) is 0 Å². The number of hydrogen-bond acceptors (Lipinski definition) is 2. The van der Waals surface area contributed by atoms with Gasteiger partial charge in [-0.3, -0.25) is 4.98 Å². The molecule has 0 aliphatic heterocycles. The number of nitrogens with zero attached hydrogens (tertiary/aromatic N) is 1. The van der Waals surface area contributed by atoms with E-state index in [-0.39, 0.29) is 10.8 Å². The number of benzene rings is 3. The molecule has 0 fully saturated rings. The zero-order valence-electron chi connectivity index (χ0n) is 26.0. The van der Waals surface area contributed by atoms with E-state index in [1.165, 1.54) is 53.6 Å². The van der Waals surface area contributed by atoms with Crippen molar-refractivity contribution in [1.29, 1.82) is 0 Å². The minimum atomic E-state index is 0.0406. The smallest absolute Gasteiger partial charge is 0.0880 e. The Morgan fingerprint density at radius 3 is 1.93 bits per heavy atom. The standard InChI is InChI=1S/C38H45NS/c1-23(2)38(24(3)4,25(5)6)30-17-15-27(16-18-30)35-26(7)31-19-20-39-34(36(31)40-35)29-21-28-13-11-12-14-32(28)33(22-29)37(8,9)10/h11-25H,1-10H3. The van der Waals surface area contributed by atoms with Crippen LogP contribution >= 0.6 is 11.3 Å². The van der Waals surface area contributed by atoms with Gasteiger partial charge in [-0.15, -0.1) is 11.3 Å². The Hall–Kier alpha value is -2.97. The van der Waals surface area contributed by atoms with Crippen molar-refractivity contribution >= 4 is 32.2 Å². The van der Waals surface area contributed by atoms with Crippen LogP contribution in [0.4, 0.5) is 0 Å². The highest BCUT2D eigenvalue weighted by atomic mass is 32.1. The molecule has 0 aliphatic rings. The number of pyridine rings is 1. The topological polar surface area (TPSA) is 12.9 Å². The number of fused-ring (bicyclic) bond motifs is 2. The van der Waals surface area contributed by atoms with Crippen LogP contribution in [0.5, 0.6) is 0 Å². The predicted molar refractivity (Wildman–Crippen MR) is 178 cm³/mol. The van der Waals surface area contributed by atoms with Gasteiger partial charge in [-0.05, 0) is 86.7 Å². The van der Waals surface area contributed by atoms with E-state index in [1.807, 2.05) is 17.5 Å². The fourth-order valence-corrected chi connectivity index (χ4v) is 8.93. The van der Waals surface area contributed by atoms with Crippen LogP contribution in [-0.4, -0.2) is 4.98 Å². The molecule has 0 amide bonds. The van der Waals surface area contributed by atoms with Crippen molar-refractivity contribution in [2.24, 2.45) is 17.8 Å². The lowest BCUT2D eigenvalue weighted by Gasteiger charge is -2.46. The van der Waals surface area contributed by atoms with Crippen LogP contribution < -0.4 is 0 Å². The molecule has 5 rings (SSSR count). The molecule has 2 heterocycles. The molecule has 0 radical (unpaired) electrons. The van der Waals surface area contributed by atoms with Crippen molar-refractivity contribution in [3.05, 3.63) is 89.6 Å². The number of hydrogen-bond donors (Lipinski definition) is 0. The average Bonchev–Trinajstić information content (AvgIpc) is 3.24. The second-order valence-corrected chi connectivity index (χ2v) is 14.6. The molecule has 0 bridgehead atoms. The van der Waals surface area contributed by atoms with Gasteiger partial charge in [0.05, 0.1) is 10.4 Å². The maximum absolute atomic E-state index is 4.97. The van der Waals surface area contributed by atoms with Crippen molar-refractivity contribution in [2.45, 2.75) is 80.1 Å². The van der Waals surface area contributed by atoms with Crippen molar-refractivity contribution < 1.29 is 0 Å². The lowest BCUT2D eigenvalue weighted by Crippen LogP contribution is -2.42. The van der Waals surface area contributed by atoms with E-state index in [1.54, 1.807) is 0 Å². The Morgan fingerprint density at radius 1 is 0.700 bits per heavy atom. The van der Waals surface area contributed by atoms with E-state index >= 15 is 0 Å². The normalized spacial score (nSPS) is 12.9. The first-order valence-corrected chi connectivity index (χ1v) is 15.7. The fourth-order valence-electron chi connectivity index (χ4n) is 7.61. The maximum atomic E-state index is 4.97. The summed E-state index contributed by atoms with van der Waals surface area (Å²) in [6.45, 7) is 23.5. The first kappa shape index (κ1) is 28.6. The van der Waals surface area contributed by atoms with Crippen LogP contribution in [0, 0.1) is 24.7 Å². The molecule has 0 aliphatic carbocycles. The van der Waals surface area contributed by atoms with E-state index in [2.05, 4.69) is 136 Å². The molecule has 0 atom stereocenters. The largest absolute Gasteiger partial charge is 0.255 e. The highest BCUT2D eigenvalue weighted by Gasteiger charge is 2.41. The lowest BCUT2D eigenvalue weighted by atomic mass is 9.58. The second-order valence-electron chi connectivity index (χ2n) is 13.6. The zero-order chi connectivity index (χ0) is 29.0. The van der Waals surface area contributed by atoms with Crippen LogP contribution in [-0.2, 0) is 10.8 Å². The predicted octanol–water partition coefficient (Wildman–Crippen LogP) is 11.6. The molecule has 3 aromatic carbocycles. The fraction of sp³-hybridized carbons (Fsp3) is 0.395. The lowest BCUT2D eigenvalue weighted by molar-refractivity contribution is 0.148. The molecule has 0 N–H and O–H groups in total. The molecule has 5 aromatic rings. The summed E-state index contributed by atoms with van der Waals surface area (Å²) in [5.74, 6) is 1.70. The first-order chi connectivity index (χ1) is 18.9. The van der Waals surface area contributed by atoms with Gasteiger partial charge in [-0.25, -0.2) is 0 Å². The Labute approximate surface area is 245 Å². The van der Waals surface area contributed by atoms with E-state index in [0.717, 1.165) is 5.69 Å². The molecule has 2 heteroatoms. The number of aryl methyl sites for hydroxylation is 1. The van der Waals surface area contributed by atoms with Crippen LogP contribution in [0.25, 0.3) is 42.6 Å². The Kier molecular flexibility index (Phi) is 7.46. The molecule has 2 aromatic heterocycles. The average molecular weight is 548 g/mol. The molecule has 0 spiro atoms. The van der Waals surface area contributed by atoms with Gasteiger partial charge >= 0.3 is 0 Å². The Morgan fingerprint density at radius 2 is 1.32 bits per heavy atom. The monoisotopic (exact) mass is 547 g/mol. The van der Waals surface area contributed by atoms with Crippen molar-refractivity contribution in [3.63, 3.8) is 0 Å². The van der Waals surface area contributed by atoms with Gasteiger partial charge in [-0.1, -0.05) is 111 Å². The van der Waals surface area contributed by atoms with Gasteiger partial charge < -0.3 is 0 Å². The molecule has 40 heavy (non-hydrogen) atoms. The van der Waals surface area contributed by atoms with E-state index in [4.69, 9.17) is 4.98 Å². The minimum Gasteiger partial charge on any atom is -0.255 e. The minimum absolute atomic E-state index is 0.0406. The molecule has 208 valence electrons. The molecule has 1 nitrogen and oxygen atoms in total. The van der Waals surface area contributed by atoms with Crippen molar-refractivity contribution in [3.8, 4) is 21.7 Å². The summed E-state index contributed by atoms with van der Waals surface area (Å²) in [4.78, 5) is 6.31. The molecule has 0 saturated heterocycles. The van der Waals surface area contributed by atoms with Gasteiger partial charge in [0, 0.05) is 22.1 Å². The third-order valence-corrected chi connectivity index (χ3v) is 10.7. The van der Waals surface area contributed by atoms with Gasteiger partial charge in [0.15, 0.2) is 0 Å². The number of thiophene rings is 1. The van der Waals surface area contributed by atoms with Crippen LogP contribution in [0.15, 0.2) is 72.9 Å². The molecule has 0 saturated carbocycles. The van der Waals surface area contributed by atoms with Crippen molar-refractivity contribution in [1.82, 2.24) is 4.98 Å². The quantitative estimate of drug-likeness (QED) is 0.206. The number of aromatic nitrogens is 1. The summed E-state index contributed by atoms with van der Waals surface area (Å²) in [6, 6.07) is 25.1. The summed E-state index contributed by atoms with van der Waals surface area (Å²) in [6.07, 6.45) is 1.98. The van der Waals surface area contributed by atoms with Gasteiger partial charge in [0.25, 0.3) is 0 Å². The second kappa shape index (κ2) is 10.5. The zero-order valence-corrected chi connectivity index (χ0v) is 26.8. The van der Waals surface area contributed by atoms with E-state index in [0.29, 0.717) is 17.8 Å². The van der Waals surface area contributed by atoms with Crippen molar-refractivity contribution in [2.75, 3.05) is 0 Å². The summed E-state index contributed by atoms with van der Waals surface area (Å²) >= 11 is 1.89.